The van der Waals surface area contributed by atoms with Crippen LogP contribution in [0.5, 0.6) is 0 Å². The quantitative estimate of drug-likeness (QED) is 0.840. The molecular weight excluding hydrogens is 314 g/mol. The molecule has 2 atom stereocenters. The number of aryl methyl sites for hydroxylation is 1. The Kier molecular flexibility index (Phi) is 4.55. The number of aromatic nitrogens is 4. The summed E-state index contributed by atoms with van der Waals surface area (Å²) in [4.78, 5) is 12.7. The van der Waals surface area contributed by atoms with Gasteiger partial charge in [0.15, 0.2) is 0 Å². The molecule has 3 rings (SSSR count). The lowest BCUT2D eigenvalue weighted by atomic mass is 9.81. The van der Waals surface area contributed by atoms with Gasteiger partial charge in [0.1, 0.15) is 28.7 Å². The molecule has 0 aromatic carbocycles. The SMILES string of the molecule is CCc1c(Cl)ncnc1N[C@@H]1CCC[C@@](O)(c2nccn2C)C1. The summed E-state index contributed by atoms with van der Waals surface area (Å²) in [6.07, 6.45) is 9.06. The third-order valence-corrected chi connectivity index (χ3v) is 4.88. The number of halogens is 1. The van der Waals surface area contributed by atoms with Crippen molar-refractivity contribution in [1.82, 2.24) is 19.5 Å². The first-order valence-corrected chi connectivity index (χ1v) is 8.37. The predicted octanol–water partition coefficient (Wildman–Crippen LogP) is 2.67. The normalized spacial score (nSPS) is 24.6. The summed E-state index contributed by atoms with van der Waals surface area (Å²) < 4.78 is 1.89. The second kappa shape index (κ2) is 6.45. The Morgan fingerprint density at radius 1 is 1.43 bits per heavy atom. The molecule has 1 aliphatic carbocycles. The van der Waals surface area contributed by atoms with E-state index in [2.05, 4.69) is 20.3 Å². The summed E-state index contributed by atoms with van der Waals surface area (Å²) >= 11 is 6.15. The third kappa shape index (κ3) is 3.19. The zero-order chi connectivity index (χ0) is 16.4. The van der Waals surface area contributed by atoms with E-state index in [4.69, 9.17) is 11.6 Å². The number of aliphatic hydroxyl groups is 1. The van der Waals surface area contributed by atoms with Gasteiger partial charge in [0.2, 0.25) is 0 Å². The van der Waals surface area contributed by atoms with E-state index < -0.39 is 5.60 Å². The van der Waals surface area contributed by atoms with E-state index in [0.29, 0.717) is 11.6 Å². The first-order chi connectivity index (χ1) is 11.0. The lowest BCUT2D eigenvalue weighted by molar-refractivity contribution is -0.0151. The number of hydrogen-bond donors (Lipinski definition) is 2. The average Bonchev–Trinajstić information content (AvgIpc) is 2.95. The van der Waals surface area contributed by atoms with Crippen LogP contribution < -0.4 is 5.32 Å². The van der Waals surface area contributed by atoms with Crippen LogP contribution in [0.25, 0.3) is 0 Å². The Bertz CT molecular complexity index is 689. The second-order valence-electron chi connectivity index (χ2n) is 6.18. The van der Waals surface area contributed by atoms with E-state index in [0.717, 1.165) is 42.9 Å². The van der Waals surface area contributed by atoms with Gasteiger partial charge in [-0.3, -0.25) is 0 Å². The smallest absolute Gasteiger partial charge is 0.140 e. The maximum absolute atomic E-state index is 11.1. The van der Waals surface area contributed by atoms with Crippen LogP contribution in [-0.4, -0.2) is 30.7 Å². The lowest BCUT2D eigenvalue weighted by Crippen LogP contribution is -2.40. The van der Waals surface area contributed by atoms with E-state index in [-0.39, 0.29) is 6.04 Å². The van der Waals surface area contributed by atoms with Crippen molar-refractivity contribution in [3.8, 4) is 0 Å². The molecule has 2 aromatic rings. The topological polar surface area (TPSA) is 75.9 Å². The van der Waals surface area contributed by atoms with Crippen molar-refractivity contribution in [2.24, 2.45) is 7.05 Å². The summed E-state index contributed by atoms with van der Waals surface area (Å²) in [7, 11) is 1.91. The minimum absolute atomic E-state index is 0.127. The molecule has 0 aliphatic heterocycles. The fourth-order valence-electron chi connectivity index (χ4n) is 3.41. The highest BCUT2D eigenvalue weighted by Gasteiger charge is 2.39. The van der Waals surface area contributed by atoms with Gasteiger partial charge in [-0.25, -0.2) is 15.0 Å². The minimum Gasteiger partial charge on any atom is -0.382 e. The molecule has 0 saturated heterocycles. The number of anilines is 1. The van der Waals surface area contributed by atoms with Crippen LogP contribution in [0.1, 0.15) is 44.0 Å². The molecule has 124 valence electrons. The average molecular weight is 336 g/mol. The molecular formula is C16H22ClN5O. The standard InChI is InChI=1S/C16H22ClN5O/c1-3-12-13(17)19-10-20-14(12)21-11-5-4-6-16(23,9-11)15-18-7-8-22(15)2/h7-8,10-11,23H,3-6,9H2,1-2H3,(H,19,20,21)/t11-,16+/m1/s1. The molecule has 7 heteroatoms. The van der Waals surface area contributed by atoms with E-state index in [1.165, 1.54) is 6.33 Å². The predicted molar refractivity (Wildman–Crippen MR) is 89.4 cm³/mol. The van der Waals surface area contributed by atoms with Crippen LogP contribution in [0.2, 0.25) is 5.15 Å². The van der Waals surface area contributed by atoms with Crippen molar-refractivity contribution in [3.05, 3.63) is 35.3 Å². The van der Waals surface area contributed by atoms with Gasteiger partial charge in [-0.05, 0) is 25.7 Å². The molecule has 2 aromatic heterocycles. The number of nitrogens with one attached hydrogen (secondary N) is 1. The largest absolute Gasteiger partial charge is 0.382 e. The Morgan fingerprint density at radius 2 is 2.26 bits per heavy atom. The Hall–Kier alpha value is -1.66. The summed E-state index contributed by atoms with van der Waals surface area (Å²) in [5, 5.41) is 15.0. The van der Waals surface area contributed by atoms with Crippen molar-refractivity contribution in [2.75, 3.05) is 5.32 Å². The molecule has 1 fully saturated rings. The Labute approximate surface area is 140 Å². The molecule has 0 spiro atoms. The van der Waals surface area contributed by atoms with E-state index in [9.17, 15) is 5.11 Å². The zero-order valence-corrected chi connectivity index (χ0v) is 14.2. The minimum atomic E-state index is -0.905. The monoisotopic (exact) mass is 335 g/mol. The molecule has 0 bridgehead atoms. The summed E-state index contributed by atoms with van der Waals surface area (Å²) in [5.74, 6) is 1.49. The second-order valence-corrected chi connectivity index (χ2v) is 6.53. The van der Waals surface area contributed by atoms with Crippen LogP contribution in [0.15, 0.2) is 18.7 Å². The first kappa shape index (κ1) is 16.2. The summed E-state index contributed by atoms with van der Waals surface area (Å²) in [6.45, 7) is 2.03. The van der Waals surface area contributed by atoms with Crippen molar-refractivity contribution >= 4 is 17.4 Å². The third-order valence-electron chi connectivity index (χ3n) is 4.55. The Balaban J connectivity index is 1.80. The lowest BCUT2D eigenvalue weighted by Gasteiger charge is -2.37. The number of imidazole rings is 1. The van der Waals surface area contributed by atoms with Crippen molar-refractivity contribution in [3.63, 3.8) is 0 Å². The highest BCUT2D eigenvalue weighted by atomic mass is 35.5. The van der Waals surface area contributed by atoms with E-state index in [1.54, 1.807) is 6.20 Å². The zero-order valence-electron chi connectivity index (χ0n) is 13.5. The van der Waals surface area contributed by atoms with Crippen molar-refractivity contribution in [1.29, 1.82) is 0 Å². The Morgan fingerprint density at radius 3 is 2.96 bits per heavy atom. The van der Waals surface area contributed by atoms with Crippen LogP contribution in [0, 0.1) is 0 Å². The van der Waals surface area contributed by atoms with Gasteiger partial charge in [-0.1, -0.05) is 18.5 Å². The van der Waals surface area contributed by atoms with Gasteiger partial charge in [0.05, 0.1) is 0 Å². The maximum atomic E-state index is 11.1. The van der Waals surface area contributed by atoms with Gasteiger partial charge in [0.25, 0.3) is 0 Å². The highest BCUT2D eigenvalue weighted by molar-refractivity contribution is 6.30. The summed E-state index contributed by atoms with van der Waals surface area (Å²) in [6, 6.07) is 0.127. The van der Waals surface area contributed by atoms with Gasteiger partial charge >= 0.3 is 0 Å². The van der Waals surface area contributed by atoms with Gasteiger partial charge in [-0.2, -0.15) is 0 Å². The van der Waals surface area contributed by atoms with E-state index in [1.807, 2.05) is 24.7 Å². The van der Waals surface area contributed by atoms with Gasteiger partial charge < -0.3 is 15.0 Å². The van der Waals surface area contributed by atoms with Crippen molar-refractivity contribution in [2.45, 2.75) is 50.7 Å². The van der Waals surface area contributed by atoms with Crippen LogP contribution >= 0.6 is 11.6 Å². The molecule has 0 amide bonds. The van der Waals surface area contributed by atoms with Crippen LogP contribution in [0.3, 0.4) is 0 Å². The number of rotatable bonds is 4. The van der Waals surface area contributed by atoms with E-state index >= 15 is 0 Å². The number of hydrogen-bond acceptors (Lipinski definition) is 5. The van der Waals surface area contributed by atoms with Crippen LogP contribution in [0.4, 0.5) is 5.82 Å². The fourth-order valence-corrected chi connectivity index (χ4v) is 3.68. The molecule has 2 N–H and O–H groups in total. The molecule has 1 aliphatic rings. The molecule has 0 unspecified atom stereocenters. The number of nitrogens with zero attached hydrogens (tertiary/aromatic N) is 4. The maximum Gasteiger partial charge on any atom is 0.140 e. The molecule has 2 heterocycles. The molecule has 0 radical (unpaired) electrons. The molecule has 23 heavy (non-hydrogen) atoms. The fraction of sp³-hybridized carbons (Fsp3) is 0.562. The molecule has 6 nitrogen and oxygen atoms in total. The summed E-state index contributed by atoms with van der Waals surface area (Å²) in [5.41, 5.74) is 0.0115. The highest BCUT2D eigenvalue weighted by Crippen LogP contribution is 2.37. The van der Waals surface area contributed by atoms with Crippen LogP contribution in [-0.2, 0) is 19.1 Å². The van der Waals surface area contributed by atoms with Crippen molar-refractivity contribution < 1.29 is 5.11 Å². The van der Waals surface area contributed by atoms with Gasteiger partial charge in [-0.15, -0.1) is 0 Å². The van der Waals surface area contributed by atoms with Gasteiger partial charge in [0, 0.05) is 37.5 Å². The molecule has 1 saturated carbocycles. The first-order valence-electron chi connectivity index (χ1n) is 7.99.